The second-order valence-corrected chi connectivity index (χ2v) is 5.22. The molecule has 0 heterocycles. The zero-order chi connectivity index (χ0) is 11.1. The molecular formula is C14H26. The van der Waals surface area contributed by atoms with Gasteiger partial charge in [0.05, 0.1) is 0 Å². The van der Waals surface area contributed by atoms with Crippen LogP contribution < -0.4 is 0 Å². The average molecular weight is 194 g/mol. The number of rotatable bonds is 6. The minimum Gasteiger partial charge on any atom is -0.0811 e. The van der Waals surface area contributed by atoms with Crippen LogP contribution in [0.3, 0.4) is 0 Å². The van der Waals surface area contributed by atoms with Crippen molar-refractivity contribution in [1.29, 1.82) is 0 Å². The summed E-state index contributed by atoms with van der Waals surface area (Å²) in [7, 11) is 0. The van der Waals surface area contributed by atoms with Gasteiger partial charge in [0.1, 0.15) is 0 Å². The van der Waals surface area contributed by atoms with Crippen LogP contribution in [-0.4, -0.2) is 0 Å². The molecule has 0 amide bonds. The summed E-state index contributed by atoms with van der Waals surface area (Å²) in [6.45, 7) is 13.5. The van der Waals surface area contributed by atoms with Gasteiger partial charge in [0, 0.05) is 0 Å². The van der Waals surface area contributed by atoms with Gasteiger partial charge in [-0.1, -0.05) is 53.7 Å². The first kappa shape index (κ1) is 13.7. The van der Waals surface area contributed by atoms with Gasteiger partial charge in [0.2, 0.25) is 0 Å². The highest BCUT2D eigenvalue weighted by Crippen LogP contribution is 2.18. The second-order valence-electron chi connectivity index (χ2n) is 5.22. The zero-order valence-corrected chi connectivity index (χ0v) is 10.7. The first-order valence-electron chi connectivity index (χ1n) is 5.74. The Balaban J connectivity index is 3.78. The molecule has 0 aromatic rings. The maximum absolute atomic E-state index is 2.28. The number of allylic oxidation sites excluding steroid dienone is 2. The van der Waals surface area contributed by atoms with Crippen molar-refractivity contribution in [2.24, 2.45) is 11.8 Å². The smallest absolute Gasteiger partial charge is 0.00555 e. The van der Waals surface area contributed by atoms with Crippen LogP contribution in [0.15, 0.2) is 12.2 Å². The second kappa shape index (κ2) is 7.09. The summed E-state index contributed by atoms with van der Waals surface area (Å²) in [4.78, 5) is 0. The molecule has 0 atom stereocenters. The third-order valence-electron chi connectivity index (χ3n) is 2.11. The van der Waals surface area contributed by atoms with E-state index in [0.717, 1.165) is 11.8 Å². The molecule has 0 aromatic carbocycles. The number of hydrogen-bond donors (Lipinski definition) is 0. The maximum atomic E-state index is 2.28. The highest BCUT2D eigenvalue weighted by Gasteiger charge is 2.04. The Hall–Kier alpha value is -0.260. The van der Waals surface area contributed by atoms with Gasteiger partial charge in [0.15, 0.2) is 0 Å². The van der Waals surface area contributed by atoms with E-state index in [4.69, 9.17) is 0 Å². The molecule has 0 aliphatic carbocycles. The molecule has 0 aromatic heterocycles. The number of hydrogen-bond acceptors (Lipinski definition) is 0. The largest absolute Gasteiger partial charge is 0.0811 e. The van der Waals surface area contributed by atoms with Crippen molar-refractivity contribution in [3.05, 3.63) is 24.0 Å². The van der Waals surface area contributed by atoms with Crippen molar-refractivity contribution in [3.63, 3.8) is 0 Å². The van der Waals surface area contributed by atoms with E-state index in [0.29, 0.717) is 0 Å². The minimum atomic E-state index is 0.769. The molecule has 0 rings (SSSR count). The lowest BCUT2D eigenvalue weighted by Crippen LogP contribution is -1.97. The molecule has 0 spiro atoms. The predicted molar refractivity (Wildman–Crippen MR) is 65.9 cm³/mol. The van der Waals surface area contributed by atoms with Gasteiger partial charge in [-0.2, -0.15) is 0 Å². The van der Waals surface area contributed by atoms with Crippen molar-refractivity contribution in [2.45, 2.75) is 54.4 Å². The van der Waals surface area contributed by atoms with Gasteiger partial charge >= 0.3 is 0 Å². The van der Waals surface area contributed by atoms with E-state index in [2.05, 4.69) is 53.7 Å². The molecule has 0 fully saturated rings. The van der Waals surface area contributed by atoms with E-state index in [-0.39, 0.29) is 0 Å². The Kier molecular flexibility index (Phi) is 6.96. The zero-order valence-electron chi connectivity index (χ0n) is 10.7. The Morgan fingerprint density at radius 1 is 0.786 bits per heavy atom. The lowest BCUT2D eigenvalue weighted by Gasteiger charge is -2.11. The molecule has 0 saturated heterocycles. The van der Waals surface area contributed by atoms with Crippen molar-refractivity contribution < 1.29 is 0 Å². The molecule has 14 heavy (non-hydrogen) atoms. The fourth-order valence-electron chi connectivity index (χ4n) is 1.71. The predicted octanol–water partition coefficient (Wildman–Crippen LogP) is 4.82. The molecule has 0 N–H and O–H groups in total. The lowest BCUT2D eigenvalue weighted by molar-refractivity contribution is 0.607. The maximum Gasteiger partial charge on any atom is -0.00555 e. The summed E-state index contributed by atoms with van der Waals surface area (Å²) in [5.74, 6) is 4.52. The van der Waals surface area contributed by atoms with E-state index >= 15 is 0 Å². The molecule has 0 nitrogen and oxygen atoms in total. The van der Waals surface area contributed by atoms with Gasteiger partial charge in [-0.25, -0.2) is 0 Å². The SMILES string of the molecule is C[C](C=C[C](C)CC(C)C)CC(C)C. The van der Waals surface area contributed by atoms with Gasteiger partial charge in [-0.05, 0) is 36.5 Å². The Labute approximate surface area is 90.8 Å². The first-order valence-corrected chi connectivity index (χ1v) is 5.74. The topological polar surface area (TPSA) is 0 Å². The lowest BCUT2D eigenvalue weighted by atomic mass is 9.94. The Bertz CT molecular complexity index is 135. The molecule has 2 radical (unpaired) electrons. The van der Waals surface area contributed by atoms with E-state index in [9.17, 15) is 0 Å². The molecule has 0 aliphatic heterocycles. The van der Waals surface area contributed by atoms with Crippen LogP contribution >= 0.6 is 0 Å². The highest BCUT2D eigenvalue weighted by atomic mass is 14.1. The van der Waals surface area contributed by atoms with E-state index in [1.807, 2.05) is 0 Å². The van der Waals surface area contributed by atoms with Crippen LogP contribution in [0, 0.1) is 23.7 Å². The van der Waals surface area contributed by atoms with Crippen LogP contribution in [0.25, 0.3) is 0 Å². The summed E-state index contributed by atoms with van der Waals surface area (Å²) >= 11 is 0. The summed E-state index contributed by atoms with van der Waals surface area (Å²) in [5, 5.41) is 0. The standard InChI is InChI=1S/C14H26/c1-11(2)9-13(5)7-8-14(6)10-12(3)4/h7-8,11-12H,9-10H2,1-6H3. The van der Waals surface area contributed by atoms with Crippen LogP contribution in [-0.2, 0) is 0 Å². The Morgan fingerprint density at radius 3 is 1.29 bits per heavy atom. The van der Waals surface area contributed by atoms with Crippen LogP contribution in [0.2, 0.25) is 0 Å². The Morgan fingerprint density at radius 2 is 1.07 bits per heavy atom. The van der Waals surface area contributed by atoms with Crippen molar-refractivity contribution >= 4 is 0 Å². The summed E-state index contributed by atoms with van der Waals surface area (Å²) in [6.07, 6.45) is 6.98. The third-order valence-corrected chi connectivity index (χ3v) is 2.11. The van der Waals surface area contributed by atoms with Crippen LogP contribution in [0.4, 0.5) is 0 Å². The van der Waals surface area contributed by atoms with Crippen molar-refractivity contribution in [1.82, 2.24) is 0 Å². The molecular weight excluding hydrogens is 168 g/mol. The summed E-state index contributed by atoms with van der Waals surface area (Å²) in [6, 6.07) is 0. The molecule has 0 heteroatoms. The van der Waals surface area contributed by atoms with E-state index < -0.39 is 0 Å². The summed E-state index contributed by atoms with van der Waals surface area (Å²) in [5.41, 5.74) is 0. The van der Waals surface area contributed by atoms with E-state index in [1.54, 1.807) is 0 Å². The molecule has 0 saturated carbocycles. The van der Waals surface area contributed by atoms with Gasteiger partial charge in [0.25, 0.3) is 0 Å². The van der Waals surface area contributed by atoms with Gasteiger partial charge < -0.3 is 0 Å². The minimum absolute atomic E-state index is 0.769. The monoisotopic (exact) mass is 194 g/mol. The van der Waals surface area contributed by atoms with Crippen LogP contribution in [0.1, 0.15) is 54.4 Å². The van der Waals surface area contributed by atoms with Gasteiger partial charge in [-0.3, -0.25) is 0 Å². The fourth-order valence-corrected chi connectivity index (χ4v) is 1.71. The fraction of sp³-hybridized carbons (Fsp3) is 0.714. The van der Waals surface area contributed by atoms with Gasteiger partial charge in [-0.15, -0.1) is 0 Å². The van der Waals surface area contributed by atoms with Crippen LogP contribution in [0.5, 0.6) is 0 Å². The molecule has 0 unspecified atom stereocenters. The quantitative estimate of drug-likeness (QED) is 0.568. The normalized spacial score (nSPS) is 13.0. The first-order chi connectivity index (χ1) is 6.41. The molecule has 0 aliphatic rings. The van der Waals surface area contributed by atoms with Crippen molar-refractivity contribution in [2.75, 3.05) is 0 Å². The molecule has 82 valence electrons. The summed E-state index contributed by atoms with van der Waals surface area (Å²) < 4.78 is 0. The van der Waals surface area contributed by atoms with Crippen molar-refractivity contribution in [3.8, 4) is 0 Å². The van der Waals surface area contributed by atoms with E-state index in [1.165, 1.54) is 24.7 Å². The highest BCUT2D eigenvalue weighted by molar-refractivity contribution is 5.16. The third kappa shape index (κ3) is 8.34. The molecule has 0 bridgehead atoms. The average Bonchev–Trinajstić information content (AvgIpc) is 1.98.